The van der Waals surface area contributed by atoms with E-state index in [4.69, 9.17) is 32.7 Å². The average molecular weight is 319 g/mol. The molecule has 0 aliphatic heterocycles. The molecule has 114 valence electrons. The summed E-state index contributed by atoms with van der Waals surface area (Å²) in [6.07, 6.45) is 1.85. The molecule has 0 amide bonds. The van der Waals surface area contributed by atoms with Gasteiger partial charge in [-0.25, -0.2) is 0 Å². The summed E-state index contributed by atoms with van der Waals surface area (Å²) in [7, 11) is 1.64. The van der Waals surface area contributed by atoms with Gasteiger partial charge in [-0.2, -0.15) is 0 Å². The van der Waals surface area contributed by atoms with Crippen LogP contribution in [0.4, 0.5) is 0 Å². The smallest absolute Gasteiger partial charge is 0.161 e. The Bertz CT molecular complexity index is 390. The fourth-order valence-electron chi connectivity index (χ4n) is 2.36. The maximum atomic E-state index is 6.14. The lowest BCUT2D eigenvalue weighted by Crippen LogP contribution is -2.29. The highest BCUT2D eigenvalue weighted by atomic mass is 35.5. The first-order valence-electron chi connectivity index (χ1n) is 6.94. The van der Waals surface area contributed by atoms with E-state index in [0.29, 0.717) is 24.3 Å². The van der Waals surface area contributed by atoms with Crippen LogP contribution in [0.5, 0.6) is 11.5 Å². The van der Waals surface area contributed by atoms with E-state index in [0.717, 1.165) is 24.3 Å². The molecule has 0 aromatic heterocycles. The van der Waals surface area contributed by atoms with Gasteiger partial charge in [0.2, 0.25) is 0 Å². The molecule has 2 nitrogen and oxygen atoms in total. The van der Waals surface area contributed by atoms with Crippen molar-refractivity contribution < 1.29 is 9.47 Å². The van der Waals surface area contributed by atoms with Crippen LogP contribution in [0, 0.1) is 11.3 Å². The first kappa shape index (κ1) is 17.5. The first-order chi connectivity index (χ1) is 9.56. The minimum absolute atomic E-state index is 0.0563. The monoisotopic (exact) mass is 318 g/mol. The van der Waals surface area contributed by atoms with E-state index in [9.17, 15) is 0 Å². The Morgan fingerprint density at radius 3 is 2.20 bits per heavy atom. The Morgan fingerprint density at radius 1 is 1.10 bits per heavy atom. The van der Waals surface area contributed by atoms with Gasteiger partial charge in [0.1, 0.15) is 0 Å². The van der Waals surface area contributed by atoms with Crippen molar-refractivity contribution in [3.8, 4) is 11.5 Å². The summed E-state index contributed by atoms with van der Waals surface area (Å²) in [5, 5.41) is 0. The Hall–Kier alpha value is -0.600. The van der Waals surface area contributed by atoms with Gasteiger partial charge < -0.3 is 9.47 Å². The first-order valence-corrected chi connectivity index (χ1v) is 8.01. The molecule has 0 bridgehead atoms. The van der Waals surface area contributed by atoms with Crippen molar-refractivity contribution in [2.75, 3.05) is 25.5 Å². The lowest BCUT2D eigenvalue weighted by molar-refractivity contribution is 0.201. The quantitative estimate of drug-likeness (QED) is 0.598. The van der Waals surface area contributed by atoms with E-state index in [2.05, 4.69) is 13.8 Å². The molecule has 0 atom stereocenters. The van der Waals surface area contributed by atoms with E-state index in [1.54, 1.807) is 7.11 Å². The summed E-state index contributed by atoms with van der Waals surface area (Å²) in [6, 6.07) is 7.65. The van der Waals surface area contributed by atoms with Crippen LogP contribution in [0.3, 0.4) is 0 Å². The highest BCUT2D eigenvalue weighted by Crippen LogP contribution is 2.34. The van der Waals surface area contributed by atoms with Crippen molar-refractivity contribution in [1.29, 1.82) is 0 Å². The molecule has 0 unspecified atom stereocenters. The molecule has 1 aromatic rings. The fraction of sp³-hybridized carbons (Fsp3) is 0.625. The molecular formula is C16H24Cl2O2. The number of rotatable bonds is 9. The maximum absolute atomic E-state index is 6.14. The highest BCUT2D eigenvalue weighted by Gasteiger charge is 2.29. The SMILES string of the molecule is COc1ccccc1OCCC(CCl)(CCl)CC(C)C. The van der Waals surface area contributed by atoms with E-state index in [1.807, 2.05) is 24.3 Å². The molecule has 0 radical (unpaired) electrons. The van der Waals surface area contributed by atoms with E-state index in [-0.39, 0.29) is 5.41 Å². The van der Waals surface area contributed by atoms with Crippen LogP contribution in [-0.2, 0) is 0 Å². The van der Waals surface area contributed by atoms with Gasteiger partial charge in [-0.1, -0.05) is 26.0 Å². The Morgan fingerprint density at radius 2 is 1.70 bits per heavy atom. The van der Waals surface area contributed by atoms with Crippen molar-refractivity contribution in [3.63, 3.8) is 0 Å². The van der Waals surface area contributed by atoms with Crippen LogP contribution in [-0.4, -0.2) is 25.5 Å². The topological polar surface area (TPSA) is 18.5 Å². The summed E-state index contributed by atoms with van der Waals surface area (Å²) < 4.78 is 11.1. The zero-order valence-electron chi connectivity index (χ0n) is 12.5. The largest absolute Gasteiger partial charge is 0.493 e. The van der Waals surface area contributed by atoms with Gasteiger partial charge in [-0.3, -0.25) is 0 Å². The number of hydrogen-bond donors (Lipinski definition) is 0. The van der Waals surface area contributed by atoms with Crippen molar-refractivity contribution in [2.45, 2.75) is 26.7 Å². The summed E-state index contributed by atoms with van der Waals surface area (Å²) >= 11 is 12.3. The van der Waals surface area contributed by atoms with Crippen LogP contribution in [0.2, 0.25) is 0 Å². The molecule has 0 fully saturated rings. The van der Waals surface area contributed by atoms with Gasteiger partial charge in [-0.05, 0) is 30.9 Å². The Kier molecular flexibility index (Phi) is 7.53. The van der Waals surface area contributed by atoms with Crippen molar-refractivity contribution in [2.24, 2.45) is 11.3 Å². The minimum atomic E-state index is -0.0563. The van der Waals surface area contributed by atoms with Gasteiger partial charge in [0.05, 0.1) is 13.7 Å². The molecule has 0 saturated heterocycles. The molecule has 4 heteroatoms. The number of methoxy groups -OCH3 is 1. The van der Waals surface area contributed by atoms with Crippen molar-refractivity contribution >= 4 is 23.2 Å². The van der Waals surface area contributed by atoms with Crippen molar-refractivity contribution in [1.82, 2.24) is 0 Å². The predicted molar refractivity (Wildman–Crippen MR) is 86.4 cm³/mol. The van der Waals surface area contributed by atoms with Gasteiger partial charge in [0.15, 0.2) is 11.5 Å². The van der Waals surface area contributed by atoms with Crippen LogP contribution in [0.1, 0.15) is 26.7 Å². The number of ether oxygens (including phenoxy) is 2. The zero-order valence-corrected chi connectivity index (χ0v) is 14.0. The third-order valence-electron chi connectivity index (χ3n) is 3.37. The Labute approximate surface area is 132 Å². The molecule has 0 N–H and O–H groups in total. The van der Waals surface area contributed by atoms with E-state index < -0.39 is 0 Å². The third-order valence-corrected chi connectivity index (χ3v) is 4.50. The zero-order chi connectivity index (χ0) is 15.0. The van der Waals surface area contributed by atoms with Gasteiger partial charge in [-0.15, -0.1) is 23.2 Å². The molecule has 0 saturated carbocycles. The van der Waals surface area contributed by atoms with Crippen LogP contribution >= 0.6 is 23.2 Å². The second-order valence-electron chi connectivity index (χ2n) is 5.61. The van der Waals surface area contributed by atoms with Gasteiger partial charge in [0, 0.05) is 17.2 Å². The van der Waals surface area contributed by atoms with E-state index in [1.165, 1.54) is 0 Å². The fourth-order valence-corrected chi connectivity index (χ4v) is 3.13. The molecule has 1 aromatic carbocycles. The lowest BCUT2D eigenvalue weighted by atomic mass is 9.81. The summed E-state index contributed by atoms with van der Waals surface area (Å²) in [4.78, 5) is 0. The molecule has 20 heavy (non-hydrogen) atoms. The lowest BCUT2D eigenvalue weighted by Gasteiger charge is -2.31. The number of halogens is 2. The van der Waals surface area contributed by atoms with Gasteiger partial charge in [0.25, 0.3) is 0 Å². The summed E-state index contributed by atoms with van der Waals surface area (Å²) in [5.41, 5.74) is -0.0563. The standard InChI is InChI=1S/C16H24Cl2O2/c1-13(2)10-16(11-17,12-18)8-9-20-15-7-5-4-6-14(15)19-3/h4-7,13H,8-12H2,1-3H3. The summed E-state index contributed by atoms with van der Waals surface area (Å²) in [5.74, 6) is 3.20. The number of alkyl halides is 2. The molecule has 1 rings (SSSR count). The second kappa shape index (κ2) is 8.63. The van der Waals surface area contributed by atoms with Crippen LogP contribution in [0.15, 0.2) is 24.3 Å². The number of hydrogen-bond acceptors (Lipinski definition) is 2. The number of benzene rings is 1. The van der Waals surface area contributed by atoms with Crippen LogP contribution < -0.4 is 9.47 Å². The Balaban J connectivity index is 2.60. The normalized spacial score (nSPS) is 11.7. The predicted octanol–water partition coefficient (Wildman–Crippen LogP) is 4.97. The van der Waals surface area contributed by atoms with E-state index >= 15 is 0 Å². The number of para-hydroxylation sites is 2. The third kappa shape index (κ3) is 5.06. The summed E-state index contributed by atoms with van der Waals surface area (Å²) in [6.45, 7) is 4.97. The molecule has 0 heterocycles. The minimum Gasteiger partial charge on any atom is -0.493 e. The molecule has 0 aliphatic carbocycles. The molecule has 0 aliphatic rings. The molecular weight excluding hydrogens is 295 g/mol. The van der Waals surface area contributed by atoms with Gasteiger partial charge >= 0.3 is 0 Å². The highest BCUT2D eigenvalue weighted by molar-refractivity contribution is 6.21. The van der Waals surface area contributed by atoms with Crippen LogP contribution in [0.25, 0.3) is 0 Å². The maximum Gasteiger partial charge on any atom is 0.161 e. The van der Waals surface area contributed by atoms with Crippen molar-refractivity contribution in [3.05, 3.63) is 24.3 Å². The molecule has 0 spiro atoms. The average Bonchev–Trinajstić information content (AvgIpc) is 2.46. The second-order valence-corrected chi connectivity index (χ2v) is 6.15.